The number of carbonyl (C=O) groups is 1. The molecule has 0 radical (unpaired) electrons. The van der Waals surface area contributed by atoms with E-state index < -0.39 is 17.8 Å². The number of aromatic nitrogens is 2. The van der Waals surface area contributed by atoms with Gasteiger partial charge in [0.1, 0.15) is 6.10 Å². The molecule has 1 saturated carbocycles. The first kappa shape index (κ1) is 28.4. The summed E-state index contributed by atoms with van der Waals surface area (Å²) in [4.78, 5) is 25.7. The van der Waals surface area contributed by atoms with Gasteiger partial charge in [-0.3, -0.25) is 4.90 Å². The number of anilines is 2. The van der Waals surface area contributed by atoms with Crippen LogP contribution in [-0.4, -0.2) is 85.7 Å². The number of nitrogens with one attached hydrogen (secondary N) is 2. The lowest BCUT2D eigenvalue weighted by atomic mass is 9.93. The molecule has 2 aliphatic heterocycles. The molecule has 0 bridgehead atoms. The first-order valence-electron chi connectivity index (χ1n) is 13.7. The van der Waals surface area contributed by atoms with Gasteiger partial charge in [-0.05, 0) is 49.4 Å². The van der Waals surface area contributed by atoms with Crippen LogP contribution in [0.15, 0.2) is 30.5 Å². The predicted molar refractivity (Wildman–Crippen MR) is 141 cm³/mol. The molecule has 3 heterocycles. The highest BCUT2D eigenvalue weighted by Gasteiger charge is 2.32. The zero-order valence-corrected chi connectivity index (χ0v) is 22.3. The number of hydrogen-bond acceptors (Lipinski definition) is 8. The monoisotopic (exact) mass is 564 g/mol. The van der Waals surface area contributed by atoms with Crippen LogP contribution in [0.4, 0.5) is 29.6 Å². The highest BCUT2D eigenvalue weighted by molar-refractivity contribution is 5.89. The number of ether oxygens (including phenoxy) is 3. The first-order chi connectivity index (χ1) is 19.3. The van der Waals surface area contributed by atoms with Crippen molar-refractivity contribution in [1.29, 1.82) is 0 Å². The fraction of sp³-hybridized carbons (Fsp3) is 0.593. The van der Waals surface area contributed by atoms with Crippen molar-refractivity contribution < 1.29 is 32.2 Å². The number of carbonyl (C=O) groups excluding carboxylic acids is 1. The Labute approximate surface area is 231 Å². The van der Waals surface area contributed by atoms with E-state index in [-0.39, 0.29) is 17.8 Å². The molecule has 0 atom stereocenters. The van der Waals surface area contributed by atoms with Crippen molar-refractivity contribution in [2.45, 2.75) is 50.6 Å². The maximum Gasteiger partial charge on any atom is 0.416 e. The molecule has 40 heavy (non-hydrogen) atoms. The molecule has 5 rings (SSSR count). The summed E-state index contributed by atoms with van der Waals surface area (Å²) in [6.07, 6.45) is -0.0670. The predicted octanol–water partition coefficient (Wildman–Crippen LogP) is 3.68. The van der Waals surface area contributed by atoms with Crippen molar-refractivity contribution in [3.8, 4) is 5.88 Å². The van der Waals surface area contributed by atoms with Gasteiger partial charge in [-0.15, -0.1) is 0 Å². The first-order valence-corrected chi connectivity index (χ1v) is 13.7. The molecule has 3 fully saturated rings. The number of rotatable bonds is 7. The normalized spacial score (nSPS) is 22.5. The summed E-state index contributed by atoms with van der Waals surface area (Å²) in [5.74, 6) is 1.14. The quantitative estimate of drug-likeness (QED) is 0.526. The molecule has 1 aliphatic carbocycles. The molecule has 0 unspecified atom stereocenters. The maximum absolute atomic E-state index is 13.6. The summed E-state index contributed by atoms with van der Waals surface area (Å²) in [5.41, 5.74) is -0.175. The average Bonchev–Trinajstić information content (AvgIpc) is 2.95. The second-order valence-electron chi connectivity index (χ2n) is 10.3. The zero-order chi connectivity index (χ0) is 28.0. The Morgan fingerprint density at radius 2 is 1.70 bits per heavy atom. The van der Waals surface area contributed by atoms with Gasteiger partial charge in [0, 0.05) is 56.7 Å². The standard InChI is InChI=1S/C27H35F3N6O4/c28-27(29,30)20-15-19(18-35-7-11-38-12-8-35)16-22(17-20)33-26(37)32-21-1-3-23(4-2-21)40-24-5-6-31-25(34-24)36-9-13-39-14-10-36/h5-6,15-17,21,23H,1-4,7-14,18H2,(H2,32,33,37)/t21-,23-. The van der Waals surface area contributed by atoms with Gasteiger partial charge in [-0.1, -0.05) is 0 Å². The fourth-order valence-electron chi connectivity index (χ4n) is 5.20. The van der Waals surface area contributed by atoms with E-state index in [0.29, 0.717) is 76.3 Å². The molecular weight excluding hydrogens is 529 g/mol. The van der Waals surface area contributed by atoms with E-state index in [4.69, 9.17) is 14.2 Å². The molecule has 2 N–H and O–H groups in total. The lowest BCUT2D eigenvalue weighted by Crippen LogP contribution is -2.42. The van der Waals surface area contributed by atoms with Crippen LogP contribution in [0.3, 0.4) is 0 Å². The lowest BCUT2D eigenvalue weighted by Gasteiger charge is -2.30. The Kier molecular flexibility index (Phi) is 9.22. The van der Waals surface area contributed by atoms with E-state index in [2.05, 4.69) is 25.5 Å². The Balaban J connectivity index is 1.12. The number of nitrogens with zero attached hydrogens (tertiary/aromatic N) is 4. The summed E-state index contributed by atoms with van der Waals surface area (Å²) >= 11 is 0. The Morgan fingerprint density at radius 3 is 2.40 bits per heavy atom. The van der Waals surface area contributed by atoms with E-state index in [1.165, 1.54) is 0 Å². The number of urea groups is 1. The molecule has 2 aromatic rings. The summed E-state index contributed by atoms with van der Waals surface area (Å²) in [7, 11) is 0. The van der Waals surface area contributed by atoms with Gasteiger partial charge in [-0.2, -0.15) is 18.2 Å². The van der Waals surface area contributed by atoms with E-state index in [0.717, 1.165) is 38.1 Å². The van der Waals surface area contributed by atoms with Gasteiger partial charge >= 0.3 is 12.2 Å². The Hall–Kier alpha value is -3.16. The van der Waals surface area contributed by atoms with Crippen LogP contribution in [0.2, 0.25) is 0 Å². The van der Waals surface area contributed by atoms with Crippen LogP contribution < -0.4 is 20.3 Å². The van der Waals surface area contributed by atoms with Crippen LogP contribution in [0.1, 0.15) is 36.8 Å². The molecule has 2 saturated heterocycles. The van der Waals surface area contributed by atoms with Gasteiger partial charge in [-0.25, -0.2) is 9.78 Å². The third-order valence-electron chi connectivity index (χ3n) is 7.30. The van der Waals surface area contributed by atoms with Crippen molar-refractivity contribution in [3.63, 3.8) is 0 Å². The highest BCUT2D eigenvalue weighted by Crippen LogP contribution is 2.32. The minimum absolute atomic E-state index is 0.0419. The van der Waals surface area contributed by atoms with Crippen molar-refractivity contribution >= 4 is 17.7 Å². The fourth-order valence-corrected chi connectivity index (χ4v) is 5.20. The lowest BCUT2D eigenvalue weighted by molar-refractivity contribution is -0.137. The summed E-state index contributed by atoms with van der Waals surface area (Å²) in [5, 5.41) is 5.52. The second-order valence-corrected chi connectivity index (χ2v) is 10.3. The smallest absolute Gasteiger partial charge is 0.416 e. The molecule has 1 aromatic carbocycles. The summed E-state index contributed by atoms with van der Waals surface area (Å²) < 4.78 is 57.5. The molecule has 10 nitrogen and oxygen atoms in total. The van der Waals surface area contributed by atoms with Crippen LogP contribution >= 0.6 is 0 Å². The number of hydrogen-bond donors (Lipinski definition) is 2. The zero-order valence-electron chi connectivity index (χ0n) is 22.3. The molecule has 3 aliphatic rings. The number of alkyl halides is 3. The van der Waals surface area contributed by atoms with Crippen molar-refractivity contribution in [2.75, 3.05) is 62.8 Å². The second kappa shape index (κ2) is 13.0. The van der Waals surface area contributed by atoms with Crippen molar-refractivity contribution in [3.05, 3.63) is 41.6 Å². The van der Waals surface area contributed by atoms with E-state index >= 15 is 0 Å². The molecular formula is C27H35F3N6O4. The maximum atomic E-state index is 13.6. The van der Waals surface area contributed by atoms with Crippen molar-refractivity contribution in [1.82, 2.24) is 20.2 Å². The minimum atomic E-state index is -4.51. The van der Waals surface area contributed by atoms with Crippen LogP contribution in [-0.2, 0) is 22.2 Å². The van der Waals surface area contributed by atoms with Gasteiger partial charge in [0.05, 0.1) is 32.0 Å². The Morgan fingerprint density at radius 1 is 1.00 bits per heavy atom. The minimum Gasteiger partial charge on any atom is -0.474 e. The van der Waals surface area contributed by atoms with Crippen molar-refractivity contribution in [2.24, 2.45) is 0 Å². The van der Waals surface area contributed by atoms with Gasteiger partial charge in [0.25, 0.3) is 0 Å². The SMILES string of the molecule is O=C(Nc1cc(CN2CCOCC2)cc(C(F)(F)F)c1)N[C@H]1CC[C@H](Oc2ccnc(N3CCOCC3)n2)CC1. The highest BCUT2D eigenvalue weighted by atomic mass is 19.4. The van der Waals surface area contributed by atoms with Crippen LogP contribution in [0, 0.1) is 0 Å². The molecule has 0 spiro atoms. The number of amides is 2. The summed E-state index contributed by atoms with van der Waals surface area (Å²) in [6.45, 7) is 5.51. The molecule has 13 heteroatoms. The molecule has 2 amide bonds. The largest absolute Gasteiger partial charge is 0.474 e. The Bertz CT molecular complexity index is 1130. The topological polar surface area (TPSA) is 101 Å². The van der Waals surface area contributed by atoms with E-state index in [1.807, 2.05) is 4.90 Å². The third-order valence-corrected chi connectivity index (χ3v) is 7.30. The number of halogens is 3. The summed E-state index contributed by atoms with van der Waals surface area (Å²) in [6, 6.07) is 4.83. The van der Waals surface area contributed by atoms with Crippen LogP contribution in [0.5, 0.6) is 5.88 Å². The van der Waals surface area contributed by atoms with Gasteiger partial charge in [0.15, 0.2) is 0 Å². The molecule has 218 valence electrons. The van der Waals surface area contributed by atoms with E-state index in [1.54, 1.807) is 18.3 Å². The molecule has 1 aromatic heterocycles. The van der Waals surface area contributed by atoms with Crippen LogP contribution in [0.25, 0.3) is 0 Å². The van der Waals surface area contributed by atoms with Gasteiger partial charge in [0.2, 0.25) is 11.8 Å². The average molecular weight is 565 g/mol. The van der Waals surface area contributed by atoms with E-state index in [9.17, 15) is 18.0 Å². The number of morpholine rings is 2. The number of benzene rings is 1. The van der Waals surface area contributed by atoms with Gasteiger partial charge < -0.3 is 29.7 Å². The third kappa shape index (κ3) is 7.95.